The van der Waals surface area contributed by atoms with Gasteiger partial charge >= 0.3 is 6.18 Å². The van der Waals surface area contributed by atoms with Gasteiger partial charge in [0.25, 0.3) is 5.69 Å². The zero-order valence-electron chi connectivity index (χ0n) is 10.4. The SMILES string of the molecule is CC1(C)[C@@H](N)[C@@H]1c1ccc(C(F)(F)F)cc1[N+](=O)[O-]. The molecular weight excluding hydrogens is 261 g/mol. The molecule has 0 spiro atoms. The predicted molar refractivity (Wildman–Crippen MR) is 62.6 cm³/mol. The van der Waals surface area contributed by atoms with Crippen LogP contribution in [-0.4, -0.2) is 11.0 Å². The number of hydrogen-bond donors (Lipinski definition) is 1. The van der Waals surface area contributed by atoms with E-state index in [1.807, 2.05) is 13.8 Å². The highest BCUT2D eigenvalue weighted by Gasteiger charge is 2.58. The Kier molecular flexibility index (Phi) is 2.85. The van der Waals surface area contributed by atoms with Crippen LogP contribution in [0.3, 0.4) is 0 Å². The van der Waals surface area contributed by atoms with Gasteiger partial charge in [0, 0.05) is 23.6 Å². The van der Waals surface area contributed by atoms with Gasteiger partial charge in [-0.05, 0) is 11.5 Å². The number of nitro groups is 1. The van der Waals surface area contributed by atoms with E-state index in [1.54, 1.807) is 0 Å². The Labute approximate surface area is 107 Å². The van der Waals surface area contributed by atoms with Gasteiger partial charge in [-0.15, -0.1) is 0 Å². The van der Waals surface area contributed by atoms with Crippen LogP contribution in [0, 0.1) is 15.5 Å². The standard InChI is InChI=1S/C12H13F3N2O2/c1-11(2)9(10(11)16)7-4-3-6(12(13,14)15)5-8(7)17(18)19/h3-5,9-10H,16H2,1-2H3/t9-,10-/m0/s1. The molecule has 2 rings (SSSR count). The Bertz CT molecular complexity index is 540. The van der Waals surface area contributed by atoms with Crippen molar-refractivity contribution in [3.05, 3.63) is 39.4 Å². The largest absolute Gasteiger partial charge is 0.416 e. The second kappa shape index (κ2) is 3.93. The Morgan fingerprint density at radius 3 is 2.26 bits per heavy atom. The molecule has 0 unspecified atom stereocenters. The van der Waals surface area contributed by atoms with E-state index in [4.69, 9.17) is 5.73 Å². The fourth-order valence-electron chi connectivity index (χ4n) is 2.41. The van der Waals surface area contributed by atoms with Crippen LogP contribution in [0.15, 0.2) is 18.2 Å². The third kappa shape index (κ3) is 2.18. The molecule has 0 bridgehead atoms. The first-order valence-electron chi connectivity index (χ1n) is 5.68. The quantitative estimate of drug-likeness (QED) is 0.665. The monoisotopic (exact) mass is 274 g/mol. The van der Waals surface area contributed by atoms with E-state index >= 15 is 0 Å². The zero-order valence-corrected chi connectivity index (χ0v) is 10.4. The predicted octanol–water partition coefficient (Wildman–Crippen LogP) is 3.06. The van der Waals surface area contributed by atoms with Gasteiger partial charge in [0.1, 0.15) is 0 Å². The maximum absolute atomic E-state index is 12.6. The van der Waals surface area contributed by atoms with Crippen LogP contribution in [0.5, 0.6) is 0 Å². The summed E-state index contributed by atoms with van der Waals surface area (Å²) in [6.45, 7) is 3.67. The molecule has 1 aliphatic carbocycles. The molecule has 2 atom stereocenters. The fourth-order valence-corrected chi connectivity index (χ4v) is 2.41. The smallest absolute Gasteiger partial charge is 0.327 e. The maximum Gasteiger partial charge on any atom is 0.416 e. The van der Waals surface area contributed by atoms with Gasteiger partial charge in [-0.1, -0.05) is 19.9 Å². The highest BCUT2D eigenvalue weighted by molar-refractivity contribution is 5.51. The molecule has 0 saturated heterocycles. The van der Waals surface area contributed by atoms with Crippen molar-refractivity contribution in [2.75, 3.05) is 0 Å². The Morgan fingerprint density at radius 2 is 1.89 bits per heavy atom. The third-order valence-electron chi connectivity index (χ3n) is 3.80. The van der Waals surface area contributed by atoms with Gasteiger partial charge in [0.05, 0.1) is 10.5 Å². The van der Waals surface area contributed by atoms with E-state index in [-0.39, 0.29) is 22.9 Å². The van der Waals surface area contributed by atoms with Crippen molar-refractivity contribution >= 4 is 5.69 Å². The summed E-state index contributed by atoms with van der Waals surface area (Å²) in [4.78, 5) is 10.2. The van der Waals surface area contributed by atoms with Gasteiger partial charge < -0.3 is 5.73 Å². The molecule has 2 N–H and O–H groups in total. The summed E-state index contributed by atoms with van der Waals surface area (Å²) in [5, 5.41) is 10.9. The van der Waals surface area contributed by atoms with Crippen LogP contribution in [0.25, 0.3) is 0 Å². The molecule has 4 nitrogen and oxygen atoms in total. The molecule has 1 aromatic carbocycles. The highest BCUT2D eigenvalue weighted by atomic mass is 19.4. The van der Waals surface area contributed by atoms with Crippen molar-refractivity contribution in [3.8, 4) is 0 Å². The molecule has 1 aliphatic rings. The summed E-state index contributed by atoms with van der Waals surface area (Å²) in [6.07, 6.45) is -4.59. The van der Waals surface area contributed by atoms with Gasteiger partial charge in [-0.2, -0.15) is 13.2 Å². The molecule has 0 amide bonds. The molecular formula is C12H13F3N2O2. The van der Waals surface area contributed by atoms with E-state index in [0.717, 1.165) is 6.07 Å². The van der Waals surface area contributed by atoms with Crippen LogP contribution < -0.4 is 5.73 Å². The Balaban J connectivity index is 2.50. The summed E-state index contributed by atoms with van der Waals surface area (Å²) in [5.74, 6) is -0.282. The second-order valence-electron chi connectivity index (χ2n) is 5.35. The lowest BCUT2D eigenvalue weighted by atomic mass is 9.99. The number of nitrogens with two attached hydrogens (primary N) is 1. The van der Waals surface area contributed by atoms with E-state index in [2.05, 4.69) is 0 Å². The molecule has 1 fully saturated rings. The number of benzene rings is 1. The number of hydrogen-bond acceptors (Lipinski definition) is 3. The van der Waals surface area contributed by atoms with Crippen molar-refractivity contribution in [2.24, 2.45) is 11.1 Å². The van der Waals surface area contributed by atoms with E-state index in [1.165, 1.54) is 6.07 Å². The minimum atomic E-state index is -4.59. The number of rotatable bonds is 2. The van der Waals surface area contributed by atoms with Crippen LogP contribution in [0.4, 0.5) is 18.9 Å². The van der Waals surface area contributed by atoms with E-state index in [9.17, 15) is 23.3 Å². The first kappa shape index (κ1) is 13.8. The van der Waals surface area contributed by atoms with Crippen LogP contribution >= 0.6 is 0 Å². The molecule has 0 radical (unpaired) electrons. The summed E-state index contributed by atoms with van der Waals surface area (Å²) >= 11 is 0. The number of nitrogens with zero attached hydrogens (tertiary/aromatic N) is 1. The molecule has 1 saturated carbocycles. The lowest BCUT2D eigenvalue weighted by Crippen LogP contribution is -2.08. The van der Waals surface area contributed by atoms with Gasteiger partial charge in [-0.25, -0.2) is 0 Å². The van der Waals surface area contributed by atoms with Crippen molar-refractivity contribution in [1.29, 1.82) is 0 Å². The van der Waals surface area contributed by atoms with Crippen molar-refractivity contribution in [2.45, 2.75) is 32.0 Å². The first-order chi connectivity index (χ1) is 8.56. The molecule has 19 heavy (non-hydrogen) atoms. The molecule has 0 heterocycles. The van der Waals surface area contributed by atoms with E-state index < -0.39 is 22.4 Å². The highest BCUT2D eigenvalue weighted by Crippen LogP contribution is 2.59. The average Bonchev–Trinajstić information content (AvgIpc) is 2.75. The minimum Gasteiger partial charge on any atom is -0.327 e. The normalized spacial score (nSPS) is 25.2. The fraction of sp³-hybridized carbons (Fsp3) is 0.500. The lowest BCUT2D eigenvalue weighted by Gasteiger charge is -2.09. The Morgan fingerprint density at radius 1 is 1.37 bits per heavy atom. The topological polar surface area (TPSA) is 69.2 Å². The summed E-state index contributed by atoms with van der Waals surface area (Å²) in [6, 6.07) is 2.34. The lowest BCUT2D eigenvalue weighted by molar-refractivity contribution is -0.385. The average molecular weight is 274 g/mol. The summed E-state index contributed by atoms with van der Waals surface area (Å²) < 4.78 is 37.7. The van der Waals surface area contributed by atoms with Gasteiger partial charge in [0.15, 0.2) is 0 Å². The third-order valence-corrected chi connectivity index (χ3v) is 3.80. The van der Waals surface area contributed by atoms with Gasteiger partial charge in [-0.3, -0.25) is 10.1 Å². The second-order valence-corrected chi connectivity index (χ2v) is 5.35. The van der Waals surface area contributed by atoms with Crippen LogP contribution in [0.2, 0.25) is 0 Å². The number of halogens is 3. The maximum atomic E-state index is 12.6. The van der Waals surface area contributed by atoms with E-state index in [0.29, 0.717) is 6.07 Å². The first-order valence-corrected chi connectivity index (χ1v) is 5.68. The van der Waals surface area contributed by atoms with Crippen molar-refractivity contribution in [3.63, 3.8) is 0 Å². The Hall–Kier alpha value is -1.63. The molecule has 0 aromatic heterocycles. The molecule has 0 aliphatic heterocycles. The summed E-state index contributed by atoms with van der Waals surface area (Å²) in [5.41, 5.74) is 4.24. The van der Waals surface area contributed by atoms with Crippen molar-refractivity contribution in [1.82, 2.24) is 0 Å². The minimum absolute atomic E-state index is 0.274. The molecule has 1 aromatic rings. The van der Waals surface area contributed by atoms with Crippen molar-refractivity contribution < 1.29 is 18.1 Å². The van der Waals surface area contributed by atoms with Crippen LogP contribution in [-0.2, 0) is 6.18 Å². The molecule has 7 heteroatoms. The van der Waals surface area contributed by atoms with Crippen LogP contribution in [0.1, 0.15) is 30.9 Å². The molecule has 104 valence electrons. The number of nitro benzene ring substituents is 1. The van der Waals surface area contributed by atoms with Gasteiger partial charge in [0.2, 0.25) is 0 Å². The number of alkyl halides is 3. The summed E-state index contributed by atoms with van der Waals surface area (Å²) in [7, 11) is 0. The zero-order chi connectivity index (χ0) is 14.6.